The molecular formula is C17H19N5OS. The number of fused-ring (bicyclic) bond motifs is 1. The van der Waals surface area contributed by atoms with Crippen molar-refractivity contribution in [2.75, 3.05) is 18.0 Å². The van der Waals surface area contributed by atoms with Gasteiger partial charge in [-0.25, -0.2) is 9.97 Å². The van der Waals surface area contributed by atoms with E-state index in [2.05, 4.69) is 22.0 Å². The molecule has 0 bridgehead atoms. The molecular weight excluding hydrogens is 322 g/mol. The van der Waals surface area contributed by atoms with E-state index in [4.69, 9.17) is 10.7 Å². The number of para-hydroxylation sites is 1. The van der Waals surface area contributed by atoms with Gasteiger partial charge in [0, 0.05) is 31.4 Å². The zero-order valence-corrected chi connectivity index (χ0v) is 14.1. The summed E-state index contributed by atoms with van der Waals surface area (Å²) in [5.41, 5.74) is 6.39. The first kappa shape index (κ1) is 15.1. The quantitative estimate of drug-likeness (QED) is 0.790. The van der Waals surface area contributed by atoms with Crippen LogP contribution >= 0.6 is 11.3 Å². The SMILES string of the molecule is NC(=O)Cn1ccnc1C1CCCN(c2nc3ccccc3s2)C1. The average Bonchev–Trinajstić information content (AvgIpc) is 3.21. The van der Waals surface area contributed by atoms with Crippen molar-refractivity contribution >= 4 is 32.6 Å². The number of nitrogens with two attached hydrogens (primary N) is 1. The summed E-state index contributed by atoms with van der Waals surface area (Å²) in [5.74, 6) is 0.896. The fourth-order valence-corrected chi connectivity index (χ4v) is 4.34. The Morgan fingerprint density at radius 2 is 2.25 bits per heavy atom. The molecule has 0 saturated carbocycles. The number of piperidine rings is 1. The van der Waals surface area contributed by atoms with Crippen LogP contribution in [-0.2, 0) is 11.3 Å². The van der Waals surface area contributed by atoms with E-state index in [1.807, 2.05) is 22.9 Å². The summed E-state index contributed by atoms with van der Waals surface area (Å²) >= 11 is 1.73. The summed E-state index contributed by atoms with van der Waals surface area (Å²) in [5, 5.41) is 1.06. The number of benzene rings is 1. The molecule has 1 saturated heterocycles. The van der Waals surface area contributed by atoms with Gasteiger partial charge < -0.3 is 15.2 Å². The average molecular weight is 341 g/mol. The number of carbonyl (C=O) groups excluding carboxylic acids is 1. The van der Waals surface area contributed by atoms with Crippen LogP contribution in [-0.4, -0.2) is 33.5 Å². The van der Waals surface area contributed by atoms with Crippen molar-refractivity contribution < 1.29 is 4.79 Å². The van der Waals surface area contributed by atoms with Gasteiger partial charge in [-0.05, 0) is 25.0 Å². The highest BCUT2D eigenvalue weighted by Gasteiger charge is 2.26. The van der Waals surface area contributed by atoms with E-state index < -0.39 is 0 Å². The van der Waals surface area contributed by atoms with Gasteiger partial charge in [0.1, 0.15) is 12.4 Å². The Bertz CT molecular complexity index is 838. The number of amides is 1. The Morgan fingerprint density at radius 3 is 3.08 bits per heavy atom. The Hall–Kier alpha value is -2.41. The minimum atomic E-state index is -0.340. The van der Waals surface area contributed by atoms with Gasteiger partial charge in [0.25, 0.3) is 0 Å². The third-order valence-electron chi connectivity index (χ3n) is 4.41. The van der Waals surface area contributed by atoms with Gasteiger partial charge in [0.05, 0.1) is 10.2 Å². The van der Waals surface area contributed by atoms with Crippen molar-refractivity contribution in [3.63, 3.8) is 0 Å². The van der Waals surface area contributed by atoms with Crippen molar-refractivity contribution in [1.82, 2.24) is 14.5 Å². The molecule has 0 aliphatic carbocycles. The molecule has 6 nitrogen and oxygen atoms in total. The van der Waals surface area contributed by atoms with Crippen molar-refractivity contribution in [3.05, 3.63) is 42.5 Å². The highest BCUT2D eigenvalue weighted by Crippen LogP contribution is 2.33. The van der Waals surface area contributed by atoms with E-state index in [0.29, 0.717) is 5.92 Å². The van der Waals surface area contributed by atoms with Gasteiger partial charge in [-0.1, -0.05) is 23.5 Å². The first-order valence-corrected chi connectivity index (χ1v) is 8.92. The molecule has 4 rings (SSSR count). The van der Waals surface area contributed by atoms with Crippen LogP contribution in [0.4, 0.5) is 5.13 Å². The van der Waals surface area contributed by atoms with E-state index >= 15 is 0 Å². The number of hydrogen-bond acceptors (Lipinski definition) is 5. The molecule has 1 aliphatic rings. The number of thiazole rings is 1. The molecule has 0 radical (unpaired) electrons. The van der Waals surface area contributed by atoms with Crippen LogP contribution < -0.4 is 10.6 Å². The molecule has 1 atom stereocenters. The molecule has 0 spiro atoms. The molecule has 1 aromatic carbocycles. The highest BCUT2D eigenvalue weighted by atomic mass is 32.1. The second-order valence-electron chi connectivity index (χ2n) is 6.13. The zero-order chi connectivity index (χ0) is 16.5. The van der Waals surface area contributed by atoms with Crippen molar-refractivity contribution in [2.24, 2.45) is 5.73 Å². The lowest BCUT2D eigenvalue weighted by molar-refractivity contribution is -0.118. The number of hydrogen-bond donors (Lipinski definition) is 1. The second-order valence-corrected chi connectivity index (χ2v) is 7.14. The van der Waals surface area contributed by atoms with Crippen LogP contribution in [0.15, 0.2) is 36.7 Å². The highest BCUT2D eigenvalue weighted by molar-refractivity contribution is 7.22. The van der Waals surface area contributed by atoms with Crippen molar-refractivity contribution in [2.45, 2.75) is 25.3 Å². The summed E-state index contributed by atoms with van der Waals surface area (Å²) in [4.78, 5) is 22.8. The number of aromatic nitrogens is 3. The fourth-order valence-electron chi connectivity index (χ4n) is 3.34. The van der Waals surface area contributed by atoms with Crippen LogP contribution in [0.25, 0.3) is 10.2 Å². The predicted octanol–water partition coefficient (Wildman–Crippen LogP) is 2.36. The second kappa shape index (κ2) is 6.24. The van der Waals surface area contributed by atoms with E-state index in [1.165, 1.54) is 4.70 Å². The first-order valence-electron chi connectivity index (χ1n) is 8.10. The van der Waals surface area contributed by atoms with Gasteiger partial charge in [0.2, 0.25) is 5.91 Å². The molecule has 2 N–H and O–H groups in total. The minimum absolute atomic E-state index is 0.187. The first-order chi connectivity index (χ1) is 11.7. The van der Waals surface area contributed by atoms with Crippen molar-refractivity contribution in [1.29, 1.82) is 0 Å². The molecule has 1 amide bonds. The molecule has 3 heterocycles. The summed E-state index contributed by atoms with van der Waals surface area (Å²) < 4.78 is 3.08. The topological polar surface area (TPSA) is 77.0 Å². The molecule has 1 fully saturated rings. The normalized spacial score (nSPS) is 18.2. The monoisotopic (exact) mass is 341 g/mol. The van der Waals surface area contributed by atoms with Crippen LogP contribution in [0.3, 0.4) is 0 Å². The Kier molecular flexibility index (Phi) is 3.93. The lowest BCUT2D eigenvalue weighted by Crippen LogP contribution is -2.35. The van der Waals surface area contributed by atoms with E-state index in [9.17, 15) is 4.79 Å². The van der Waals surface area contributed by atoms with E-state index in [0.717, 1.165) is 42.4 Å². The molecule has 2 aromatic heterocycles. The van der Waals surface area contributed by atoms with Crippen LogP contribution in [0.5, 0.6) is 0 Å². The number of imidazole rings is 1. The number of rotatable bonds is 4. The lowest BCUT2D eigenvalue weighted by atomic mass is 9.97. The van der Waals surface area contributed by atoms with Crippen LogP contribution in [0.2, 0.25) is 0 Å². The molecule has 24 heavy (non-hydrogen) atoms. The molecule has 124 valence electrons. The maximum absolute atomic E-state index is 11.2. The summed E-state index contributed by atoms with van der Waals surface area (Å²) in [6, 6.07) is 8.23. The summed E-state index contributed by atoms with van der Waals surface area (Å²) in [7, 11) is 0. The van der Waals surface area contributed by atoms with Gasteiger partial charge in [-0.15, -0.1) is 0 Å². The maximum atomic E-state index is 11.2. The van der Waals surface area contributed by atoms with E-state index in [1.54, 1.807) is 17.5 Å². The summed E-state index contributed by atoms with van der Waals surface area (Å²) in [6.45, 7) is 2.06. The molecule has 3 aromatic rings. The van der Waals surface area contributed by atoms with Gasteiger partial charge >= 0.3 is 0 Å². The third kappa shape index (κ3) is 2.87. The standard InChI is InChI=1S/C17H19N5OS/c18-15(23)11-21-9-7-19-16(21)12-4-3-8-22(10-12)17-20-13-5-1-2-6-14(13)24-17/h1-2,5-7,9,12H,3-4,8,10-11H2,(H2,18,23). The number of anilines is 1. The number of primary amides is 1. The third-order valence-corrected chi connectivity index (χ3v) is 5.51. The molecule has 1 aliphatic heterocycles. The number of carbonyl (C=O) groups is 1. The number of nitrogens with zero attached hydrogens (tertiary/aromatic N) is 4. The van der Waals surface area contributed by atoms with Crippen LogP contribution in [0, 0.1) is 0 Å². The maximum Gasteiger partial charge on any atom is 0.237 e. The Balaban J connectivity index is 1.57. The lowest BCUT2D eigenvalue weighted by Gasteiger charge is -2.32. The molecule has 7 heteroatoms. The fraction of sp³-hybridized carbons (Fsp3) is 0.353. The predicted molar refractivity (Wildman–Crippen MR) is 95.2 cm³/mol. The van der Waals surface area contributed by atoms with Gasteiger partial charge in [-0.2, -0.15) is 0 Å². The Morgan fingerprint density at radius 1 is 1.38 bits per heavy atom. The molecule has 1 unspecified atom stereocenters. The van der Waals surface area contributed by atoms with Gasteiger partial charge in [-0.3, -0.25) is 4.79 Å². The van der Waals surface area contributed by atoms with Gasteiger partial charge in [0.15, 0.2) is 5.13 Å². The minimum Gasteiger partial charge on any atom is -0.368 e. The smallest absolute Gasteiger partial charge is 0.237 e. The zero-order valence-electron chi connectivity index (χ0n) is 13.3. The van der Waals surface area contributed by atoms with E-state index in [-0.39, 0.29) is 12.5 Å². The summed E-state index contributed by atoms with van der Waals surface area (Å²) in [6.07, 6.45) is 5.73. The largest absolute Gasteiger partial charge is 0.368 e. The Labute approximate surface area is 143 Å². The van der Waals surface area contributed by atoms with Crippen LogP contribution in [0.1, 0.15) is 24.6 Å². The van der Waals surface area contributed by atoms with Crippen molar-refractivity contribution in [3.8, 4) is 0 Å².